The van der Waals surface area contributed by atoms with Crippen molar-refractivity contribution in [2.45, 2.75) is 19.1 Å². The first kappa shape index (κ1) is 14.6. The van der Waals surface area contributed by atoms with E-state index in [-0.39, 0.29) is 12.1 Å². The van der Waals surface area contributed by atoms with E-state index in [2.05, 4.69) is 10.6 Å². The van der Waals surface area contributed by atoms with Crippen LogP contribution in [0.25, 0.3) is 0 Å². The topological polar surface area (TPSA) is 44.4 Å². The average Bonchev–Trinajstić information content (AvgIpc) is 2.38. The van der Waals surface area contributed by atoms with Gasteiger partial charge in [0.15, 0.2) is 0 Å². The maximum absolute atomic E-state index is 12.4. The van der Waals surface area contributed by atoms with Crippen LogP contribution in [0, 0.1) is 0 Å². The monoisotopic (exact) mass is 287 g/mol. The van der Waals surface area contributed by atoms with Gasteiger partial charge in [0, 0.05) is 31.4 Å². The molecule has 1 aromatic carbocycles. The lowest BCUT2D eigenvalue weighted by Crippen LogP contribution is -2.52. The Balaban J connectivity index is 1.97. The summed E-state index contributed by atoms with van der Waals surface area (Å²) in [5.41, 5.74) is -0.375. The summed E-state index contributed by atoms with van der Waals surface area (Å²) in [7, 11) is 0. The van der Waals surface area contributed by atoms with Gasteiger partial charge in [0.1, 0.15) is 0 Å². The Morgan fingerprint density at radius 2 is 2.00 bits per heavy atom. The molecule has 1 fully saturated rings. The molecule has 1 saturated heterocycles. The van der Waals surface area contributed by atoms with Gasteiger partial charge in [-0.25, -0.2) is 4.79 Å². The van der Waals surface area contributed by atoms with Gasteiger partial charge >= 0.3 is 12.2 Å². The van der Waals surface area contributed by atoms with Crippen LogP contribution in [0.1, 0.15) is 12.5 Å². The molecule has 2 rings (SSSR count). The summed E-state index contributed by atoms with van der Waals surface area (Å²) in [6.07, 6.45) is -4.36. The standard InChI is InChI=1S/C13H16F3N3O/c1-9-8-19(7-6-17-9)12(20)18-11-4-2-10(3-5-11)13(14,15)16/h2-5,9,17H,6-8H2,1H3,(H,18,20)/t9-/m1/s1. The van der Waals surface area contributed by atoms with Crippen LogP contribution in [0.4, 0.5) is 23.7 Å². The van der Waals surface area contributed by atoms with Crippen molar-refractivity contribution < 1.29 is 18.0 Å². The predicted octanol–water partition coefficient (Wildman–Crippen LogP) is 2.53. The number of anilines is 1. The highest BCUT2D eigenvalue weighted by Crippen LogP contribution is 2.29. The molecule has 2 amide bonds. The highest BCUT2D eigenvalue weighted by atomic mass is 19.4. The van der Waals surface area contributed by atoms with Gasteiger partial charge in [-0.15, -0.1) is 0 Å². The molecule has 1 heterocycles. The first-order valence-electron chi connectivity index (χ1n) is 6.33. The number of carbonyl (C=O) groups is 1. The molecule has 20 heavy (non-hydrogen) atoms. The zero-order valence-electron chi connectivity index (χ0n) is 11.0. The number of halogens is 3. The van der Waals surface area contributed by atoms with Crippen LogP contribution in [-0.2, 0) is 6.18 Å². The lowest BCUT2D eigenvalue weighted by atomic mass is 10.2. The summed E-state index contributed by atoms with van der Waals surface area (Å²) in [6, 6.07) is 4.34. The molecule has 0 aliphatic carbocycles. The van der Waals surface area contributed by atoms with Crippen LogP contribution >= 0.6 is 0 Å². The highest BCUT2D eigenvalue weighted by molar-refractivity contribution is 5.89. The molecule has 0 spiro atoms. The Kier molecular flexibility index (Phi) is 4.17. The fourth-order valence-corrected chi connectivity index (χ4v) is 2.06. The van der Waals surface area contributed by atoms with E-state index in [0.717, 1.165) is 12.1 Å². The van der Waals surface area contributed by atoms with Crippen molar-refractivity contribution in [3.8, 4) is 0 Å². The minimum atomic E-state index is -4.36. The van der Waals surface area contributed by atoms with Gasteiger partial charge in [-0.05, 0) is 31.2 Å². The summed E-state index contributed by atoms with van der Waals surface area (Å²) in [5, 5.41) is 5.81. The molecule has 7 heteroatoms. The number of amides is 2. The molecule has 0 radical (unpaired) electrons. The Hall–Kier alpha value is -1.76. The normalized spacial score (nSPS) is 19.8. The number of rotatable bonds is 1. The van der Waals surface area contributed by atoms with Gasteiger partial charge in [0.25, 0.3) is 0 Å². The highest BCUT2D eigenvalue weighted by Gasteiger charge is 2.30. The van der Waals surface area contributed by atoms with E-state index in [1.807, 2.05) is 6.92 Å². The number of hydrogen-bond donors (Lipinski definition) is 2. The minimum absolute atomic E-state index is 0.210. The summed E-state index contributed by atoms with van der Waals surface area (Å²) in [6.45, 7) is 3.84. The van der Waals surface area contributed by atoms with Gasteiger partial charge in [0.05, 0.1) is 5.56 Å². The molecule has 1 atom stereocenters. The summed E-state index contributed by atoms with van der Waals surface area (Å²) in [4.78, 5) is 13.6. The molecular formula is C13H16F3N3O. The number of nitrogens with one attached hydrogen (secondary N) is 2. The SMILES string of the molecule is C[C@@H]1CN(C(=O)Nc2ccc(C(F)(F)F)cc2)CCN1. The molecule has 0 saturated carbocycles. The minimum Gasteiger partial charge on any atom is -0.322 e. The Morgan fingerprint density at radius 1 is 1.35 bits per heavy atom. The van der Waals surface area contributed by atoms with Gasteiger partial charge in [-0.3, -0.25) is 0 Å². The zero-order valence-corrected chi connectivity index (χ0v) is 11.0. The lowest BCUT2D eigenvalue weighted by Gasteiger charge is -2.31. The predicted molar refractivity (Wildman–Crippen MR) is 69.5 cm³/mol. The number of piperazine rings is 1. The number of hydrogen-bond acceptors (Lipinski definition) is 2. The van der Waals surface area contributed by atoms with Gasteiger partial charge in [0.2, 0.25) is 0 Å². The van der Waals surface area contributed by atoms with Crippen molar-refractivity contribution in [1.82, 2.24) is 10.2 Å². The maximum atomic E-state index is 12.4. The van der Waals surface area contributed by atoms with Crippen LogP contribution < -0.4 is 10.6 Å². The fourth-order valence-electron chi connectivity index (χ4n) is 2.06. The van der Waals surface area contributed by atoms with E-state index in [9.17, 15) is 18.0 Å². The second-order valence-corrected chi connectivity index (χ2v) is 4.81. The molecule has 1 aliphatic heterocycles. The van der Waals surface area contributed by atoms with Crippen molar-refractivity contribution in [2.24, 2.45) is 0 Å². The van der Waals surface area contributed by atoms with Gasteiger partial charge < -0.3 is 15.5 Å². The molecular weight excluding hydrogens is 271 g/mol. The maximum Gasteiger partial charge on any atom is 0.416 e. The largest absolute Gasteiger partial charge is 0.416 e. The molecule has 1 aromatic rings. The fraction of sp³-hybridized carbons (Fsp3) is 0.462. The summed E-state index contributed by atoms with van der Waals surface area (Å²) in [5.74, 6) is 0. The summed E-state index contributed by atoms with van der Waals surface area (Å²) < 4.78 is 37.2. The van der Waals surface area contributed by atoms with Crippen LogP contribution in [0.5, 0.6) is 0 Å². The quantitative estimate of drug-likeness (QED) is 0.833. The van der Waals surface area contributed by atoms with E-state index in [1.165, 1.54) is 12.1 Å². The number of nitrogens with zero attached hydrogens (tertiary/aromatic N) is 1. The van der Waals surface area contributed by atoms with Crippen LogP contribution in [0.2, 0.25) is 0 Å². The molecule has 1 aliphatic rings. The average molecular weight is 287 g/mol. The number of alkyl halides is 3. The molecule has 0 aromatic heterocycles. The van der Waals surface area contributed by atoms with E-state index in [0.29, 0.717) is 25.3 Å². The second kappa shape index (κ2) is 5.70. The zero-order chi connectivity index (χ0) is 14.8. The summed E-state index contributed by atoms with van der Waals surface area (Å²) >= 11 is 0. The third-order valence-electron chi connectivity index (χ3n) is 3.12. The van der Waals surface area contributed by atoms with Crippen LogP contribution in [-0.4, -0.2) is 36.6 Å². The van der Waals surface area contributed by atoms with E-state index in [1.54, 1.807) is 4.90 Å². The van der Waals surface area contributed by atoms with Crippen molar-refractivity contribution in [2.75, 3.05) is 25.0 Å². The number of carbonyl (C=O) groups excluding carboxylic acids is 1. The molecule has 0 bridgehead atoms. The molecule has 4 nitrogen and oxygen atoms in total. The van der Waals surface area contributed by atoms with E-state index >= 15 is 0 Å². The smallest absolute Gasteiger partial charge is 0.322 e. The van der Waals surface area contributed by atoms with Gasteiger partial charge in [-0.2, -0.15) is 13.2 Å². The first-order chi connectivity index (χ1) is 9.36. The van der Waals surface area contributed by atoms with Crippen molar-refractivity contribution in [3.63, 3.8) is 0 Å². The van der Waals surface area contributed by atoms with Crippen LogP contribution in [0.15, 0.2) is 24.3 Å². The first-order valence-corrected chi connectivity index (χ1v) is 6.33. The molecule has 0 unspecified atom stereocenters. The lowest BCUT2D eigenvalue weighted by molar-refractivity contribution is -0.137. The van der Waals surface area contributed by atoms with Crippen molar-refractivity contribution >= 4 is 11.7 Å². The van der Waals surface area contributed by atoms with Crippen molar-refractivity contribution in [3.05, 3.63) is 29.8 Å². The third-order valence-corrected chi connectivity index (χ3v) is 3.12. The van der Waals surface area contributed by atoms with E-state index in [4.69, 9.17) is 0 Å². The van der Waals surface area contributed by atoms with Crippen LogP contribution in [0.3, 0.4) is 0 Å². The van der Waals surface area contributed by atoms with Crippen molar-refractivity contribution in [1.29, 1.82) is 0 Å². The number of urea groups is 1. The second-order valence-electron chi connectivity index (χ2n) is 4.81. The molecule has 110 valence electrons. The Morgan fingerprint density at radius 3 is 2.55 bits per heavy atom. The number of benzene rings is 1. The Labute approximate surface area is 114 Å². The third kappa shape index (κ3) is 3.63. The van der Waals surface area contributed by atoms with E-state index < -0.39 is 11.7 Å². The van der Waals surface area contributed by atoms with Gasteiger partial charge in [-0.1, -0.05) is 0 Å². The molecule has 2 N–H and O–H groups in total. The Bertz CT molecular complexity index is 473.